The fraction of sp³-hybridized carbons (Fsp3) is 0.0526. The van der Waals surface area contributed by atoms with Gasteiger partial charge in [-0.1, -0.05) is 51.5 Å². The van der Waals surface area contributed by atoms with Crippen molar-refractivity contribution in [3.05, 3.63) is 79.0 Å². The zero-order valence-electron chi connectivity index (χ0n) is 14.0. The SMILES string of the molecule is COC(=O)c1ccc(C=c2sc3nc(-c4ccc(Br)cc4)nn3c2=O)cc1. The molecule has 27 heavy (non-hydrogen) atoms. The Labute approximate surface area is 165 Å². The third kappa shape index (κ3) is 3.41. The van der Waals surface area contributed by atoms with Crippen LogP contribution in [0.15, 0.2) is 57.8 Å². The van der Waals surface area contributed by atoms with Gasteiger partial charge in [-0.25, -0.2) is 4.79 Å². The maximum atomic E-state index is 12.6. The van der Waals surface area contributed by atoms with Crippen molar-refractivity contribution >= 4 is 44.3 Å². The van der Waals surface area contributed by atoms with Crippen molar-refractivity contribution in [3.8, 4) is 11.4 Å². The average molecular weight is 442 g/mol. The van der Waals surface area contributed by atoms with E-state index in [2.05, 4.69) is 30.7 Å². The standard InChI is InChI=1S/C19H12BrN3O3S/c1-26-18(25)13-4-2-11(3-5-13)10-15-17(24)23-19(27-15)21-16(22-23)12-6-8-14(20)9-7-12/h2-10H,1H3. The van der Waals surface area contributed by atoms with Crippen LogP contribution in [0.3, 0.4) is 0 Å². The smallest absolute Gasteiger partial charge is 0.337 e. The summed E-state index contributed by atoms with van der Waals surface area (Å²) in [7, 11) is 1.34. The van der Waals surface area contributed by atoms with Gasteiger partial charge in [0.05, 0.1) is 17.2 Å². The first-order chi connectivity index (χ1) is 13.0. The molecule has 0 bridgehead atoms. The lowest BCUT2D eigenvalue weighted by Crippen LogP contribution is -2.23. The average Bonchev–Trinajstić information content (AvgIpc) is 3.22. The van der Waals surface area contributed by atoms with Crippen LogP contribution >= 0.6 is 27.3 Å². The van der Waals surface area contributed by atoms with Gasteiger partial charge in [0.25, 0.3) is 5.56 Å². The molecule has 0 spiro atoms. The van der Waals surface area contributed by atoms with Gasteiger partial charge in [-0.3, -0.25) is 4.79 Å². The van der Waals surface area contributed by atoms with Gasteiger partial charge in [0, 0.05) is 10.0 Å². The molecule has 2 aromatic carbocycles. The summed E-state index contributed by atoms with van der Waals surface area (Å²) in [6, 6.07) is 14.4. The summed E-state index contributed by atoms with van der Waals surface area (Å²) in [5, 5.41) is 4.33. The number of carbonyl (C=O) groups excluding carboxylic acids is 1. The second-order valence-corrected chi connectivity index (χ2v) is 7.59. The van der Waals surface area contributed by atoms with Gasteiger partial charge < -0.3 is 4.74 Å². The zero-order chi connectivity index (χ0) is 19.0. The Bertz CT molecular complexity index is 1240. The van der Waals surface area contributed by atoms with Crippen LogP contribution in [0.5, 0.6) is 0 Å². The molecular weight excluding hydrogens is 430 g/mol. The quantitative estimate of drug-likeness (QED) is 0.457. The second kappa shape index (κ2) is 7.05. The van der Waals surface area contributed by atoms with Crippen molar-refractivity contribution in [2.24, 2.45) is 0 Å². The molecule has 134 valence electrons. The van der Waals surface area contributed by atoms with Crippen LogP contribution in [-0.4, -0.2) is 27.7 Å². The number of esters is 1. The van der Waals surface area contributed by atoms with E-state index in [1.54, 1.807) is 30.3 Å². The highest BCUT2D eigenvalue weighted by Crippen LogP contribution is 2.19. The molecule has 4 aromatic rings. The predicted octanol–water partition coefficient (Wildman–Crippen LogP) is 2.91. The second-order valence-electron chi connectivity index (χ2n) is 5.67. The van der Waals surface area contributed by atoms with Gasteiger partial charge in [-0.15, -0.1) is 5.10 Å². The van der Waals surface area contributed by atoms with Gasteiger partial charge in [0.1, 0.15) is 0 Å². The number of carbonyl (C=O) groups is 1. The van der Waals surface area contributed by atoms with Gasteiger partial charge >= 0.3 is 5.97 Å². The number of ether oxygens (including phenoxy) is 1. The number of thiazole rings is 1. The molecule has 2 aromatic heterocycles. The van der Waals surface area contributed by atoms with E-state index in [4.69, 9.17) is 0 Å². The summed E-state index contributed by atoms with van der Waals surface area (Å²) < 4.78 is 7.48. The number of hydrogen-bond acceptors (Lipinski definition) is 6. The molecule has 0 aliphatic carbocycles. The molecule has 0 aliphatic heterocycles. The molecule has 2 heterocycles. The van der Waals surface area contributed by atoms with Crippen molar-refractivity contribution in [2.45, 2.75) is 0 Å². The first kappa shape index (κ1) is 17.6. The van der Waals surface area contributed by atoms with E-state index in [1.807, 2.05) is 24.3 Å². The number of halogens is 1. The minimum absolute atomic E-state index is 0.220. The molecule has 6 nitrogen and oxygen atoms in total. The maximum absolute atomic E-state index is 12.6. The Morgan fingerprint density at radius 3 is 2.48 bits per heavy atom. The number of benzene rings is 2. The number of hydrogen-bond donors (Lipinski definition) is 0. The summed E-state index contributed by atoms with van der Waals surface area (Å²) in [5.41, 5.74) is 1.89. The van der Waals surface area contributed by atoms with E-state index in [1.165, 1.54) is 23.0 Å². The highest BCUT2D eigenvalue weighted by atomic mass is 79.9. The number of rotatable bonds is 3. The highest BCUT2D eigenvalue weighted by molar-refractivity contribution is 9.10. The van der Waals surface area contributed by atoms with E-state index >= 15 is 0 Å². The molecule has 0 atom stereocenters. The lowest BCUT2D eigenvalue weighted by Gasteiger charge is -1.98. The molecule has 4 rings (SSSR count). The molecule has 8 heteroatoms. The lowest BCUT2D eigenvalue weighted by molar-refractivity contribution is 0.0600. The first-order valence-corrected chi connectivity index (χ1v) is 9.52. The highest BCUT2D eigenvalue weighted by Gasteiger charge is 2.12. The van der Waals surface area contributed by atoms with Crippen LogP contribution in [-0.2, 0) is 4.74 Å². The molecule has 0 unspecified atom stereocenters. The number of nitrogens with zero attached hydrogens (tertiary/aromatic N) is 3. The predicted molar refractivity (Wildman–Crippen MR) is 107 cm³/mol. The largest absolute Gasteiger partial charge is 0.465 e. The van der Waals surface area contributed by atoms with Crippen molar-refractivity contribution < 1.29 is 9.53 Å². The van der Waals surface area contributed by atoms with Gasteiger partial charge in [0.15, 0.2) is 5.82 Å². The van der Waals surface area contributed by atoms with Crippen molar-refractivity contribution in [2.75, 3.05) is 7.11 Å². The van der Waals surface area contributed by atoms with E-state index in [0.717, 1.165) is 15.6 Å². The third-order valence-electron chi connectivity index (χ3n) is 3.91. The zero-order valence-corrected chi connectivity index (χ0v) is 16.5. The van der Waals surface area contributed by atoms with Crippen molar-refractivity contribution in [3.63, 3.8) is 0 Å². The van der Waals surface area contributed by atoms with Crippen LogP contribution in [0, 0.1) is 0 Å². The van der Waals surface area contributed by atoms with Crippen LogP contribution in [0.2, 0.25) is 0 Å². The molecule has 0 amide bonds. The Balaban J connectivity index is 1.71. The molecule has 0 aliphatic rings. The maximum Gasteiger partial charge on any atom is 0.337 e. The Morgan fingerprint density at radius 2 is 1.85 bits per heavy atom. The lowest BCUT2D eigenvalue weighted by atomic mass is 10.1. The minimum Gasteiger partial charge on any atom is -0.465 e. The van der Waals surface area contributed by atoms with Gasteiger partial charge in [0.2, 0.25) is 4.96 Å². The molecule has 0 fully saturated rings. The fourth-order valence-electron chi connectivity index (χ4n) is 2.54. The summed E-state index contributed by atoms with van der Waals surface area (Å²) in [6.07, 6.45) is 1.75. The molecule has 0 N–H and O–H groups in total. The van der Waals surface area contributed by atoms with Crippen molar-refractivity contribution in [1.29, 1.82) is 0 Å². The summed E-state index contributed by atoms with van der Waals surface area (Å²) >= 11 is 4.66. The van der Waals surface area contributed by atoms with E-state index in [0.29, 0.717) is 20.9 Å². The van der Waals surface area contributed by atoms with Crippen LogP contribution in [0.25, 0.3) is 22.4 Å². The van der Waals surface area contributed by atoms with E-state index in [9.17, 15) is 9.59 Å². The topological polar surface area (TPSA) is 73.6 Å². The monoisotopic (exact) mass is 441 g/mol. The van der Waals surface area contributed by atoms with Crippen LogP contribution in [0.4, 0.5) is 0 Å². The molecular formula is C19H12BrN3O3S. The Morgan fingerprint density at radius 1 is 1.15 bits per heavy atom. The van der Waals surface area contributed by atoms with Gasteiger partial charge in [-0.05, 0) is 35.9 Å². The Hall–Kier alpha value is -2.84. The minimum atomic E-state index is -0.398. The molecule has 0 saturated heterocycles. The summed E-state index contributed by atoms with van der Waals surface area (Å²) in [4.78, 5) is 29.1. The summed E-state index contributed by atoms with van der Waals surface area (Å²) in [5.74, 6) is 0.116. The molecule has 0 radical (unpaired) electrons. The Kier molecular flexibility index (Phi) is 4.59. The van der Waals surface area contributed by atoms with Gasteiger partial charge in [-0.2, -0.15) is 9.50 Å². The van der Waals surface area contributed by atoms with E-state index < -0.39 is 5.97 Å². The molecule has 0 saturated carbocycles. The van der Waals surface area contributed by atoms with Crippen molar-refractivity contribution in [1.82, 2.24) is 14.6 Å². The van der Waals surface area contributed by atoms with Crippen LogP contribution < -0.4 is 10.1 Å². The first-order valence-electron chi connectivity index (χ1n) is 7.91. The number of fused-ring (bicyclic) bond motifs is 1. The van der Waals surface area contributed by atoms with Crippen LogP contribution in [0.1, 0.15) is 15.9 Å². The number of methoxy groups -OCH3 is 1. The summed E-state index contributed by atoms with van der Waals surface area (Å²) in [6.45, 7) is 0. The van der Waals surface area contributed by atoms with E-state index in [-0.39, 0.29) is 5.56 Å². The fourth-order valence-corrected chi connectivity index (χ4v) is 3.71. The normalized spacial score (nSPS) is 11.9. The third-order valence-corrected chi connectivity index (χ3v) is 5.40. The number of aromatic nitrogens is 3.